The van der Waals surface area contributed by atoms with Crippen molar-refractivity contribution in [2.75, 3.05) is 26.0 Å². The van der Waals surface area contributed by atoms with Crippen molar-refractivity contribution >= 4 is 28.2 Å². The summed E-state index contributed by atoms with van der Waals surface area (Å²) in [7, 11) is 3.23. The predicted octanol–water partition coefficient (Wildman–Crippen LogP) is 3.47. The highest BCUT2D eigenvalue weighted by Gasteiger charge is 2.26. The van der Waals surface area contributed by atoms with Crippen LogP contribution >= 0.6 is 11.3 Å². The van der Waals surface area contributed by atoms with Gasteiger partial charge in [-0.3, -0.25) is 9.69 Å². The minimum Gasteiger partial charge on any atom is -0.468 e. The Morgan fingerprint density at radius 2 is 2.12 bits per heavy atom. The second-order valence-electron chi connectivity index (χ2n) is 6.56. The number of esters is 1. The Kier molecular flexibility index (Phi) is 6.11. The van der Waals surface area contributed by atoms with Crippen LogP contribution in [0.15, 0.2) is 22.8 Å². The third-order valence-electron chi connectivity index (χ3n) is 4.48. The summed E-state index contributed by atoms with van der Waals surface area (Å²) < 4.78 is 10.3. The van der Waals surface area contributed by atoms with Crippen LogP contribution in [0.25, 0.3) is 0 Å². The average molecular weight is 376 g/mol. The lowest BCUT2D eigenvalue weighted by Crippen LogP contribution is -2.30. The van der Waals surface area contributed by atoms with Crippen molar-refractivity contribution < 1.29 is 18.7 Å². The molecule has 140 valence electrons. The summed E-state index contributed by atoms with van der Waals surface area (Å²) in [5.74, 6) is 0.280. The van der Waals surface area contributed by atoms with Gasteiger partial charge in [-0.1, -0.05) is 6.42 Å². The SMILES string of the molecule is COC(=O)c1c(NC(=O)CN(C)Cc2ccco2)sc2c1CCCCC2. The van der Waals surface area contributed by atoms with Gasteiger partial charge in [0.25, 0.3) is 0 Å². The van der Waals surface area contributed by atoms with Crippen LogP contribution in [0.3, 0.4) is 0 Å². The van der Waals surface area contributed by atoms with Crippen LogP contribution in [0, 0.1) is 0 Å². The number of thiophene rings is 1. The molecule has 0 spiro atoms. The highest BCUT2D eigenvalue weighted by atomic mass is 32.1. The monoisotopic (exact) mass is 376 g/mol. The highest BCUT2D eigenvalue weighted by molar-refractivity contribution is 7.17. The third-order valence-corrected chi connectivity index (χ3v) is 5.69. The van der Waals surface area contributed by atoms with Gasteiger partial charge in [0.1, 0.15) is 10.8 Å². The Labute approximate surface area is 157 Å². The molecule has 1 aliphatic carbocycles. The number of fused-ring (bicyclic) bond motifs is 1. The molecular formula is C19H24N2O4S. The Morgan fingerprint density at radius 3 is 2.85 bits per heavy atom. The van der Waals surface area contributed by atoms with Gasteiger partial charge in [0.15, 0.2) is 0 Å². The van der Waals surface area contributed by atoms with Crippen LogP contribution in [0.1, 0.15) is 45.8 Å². The van der Waals surface area contributed by atoms with E-state index >= 15 is 0 Å². The van der Waals surface area contributed by atoms with Crippen LogP contribution in [0.5, 0.6) is 0 Å². The lowest BCUT2D eigenvalue weighted by Gasteiger charge is -2.14. The summed E-state index contributed by atoms with van der Waals surface area (Å²) in [5.41, 5.74) is 1.59. The maximum Gasteiger partial charge on any atom is 0.341 e. The van der Waals surface area contributed by atoms with Gasteiger partial charge in [0, 0.05) is 4.88 Å². The lowest BCUT2D eigenvalue weighted by molar-refractivity contribution is -0.117. The van der Waals surface area contributed by atoms with Crippen molar-refractivity contribution in [3.8, 4) is 0 Å². The summed E-state index contributed by atoms with van der Waals surface area (Å²) in [4.78, 5) is 27.8. The van der Waals surface area contributed by atoms with Gasteiger partial charge in [0.2, 0.25) is 5.91 Å². The molecule has 0 radical (unpaired) electrons. The average Bonchev–Trinajstić information content (AvgIpc) is 3.16. The van der Waals surface area contributed by atoms with Gasteiger partial charge >= 0.3 is 5.97 Å². The molecule has 1 aliphatic rings. The van der Waals surface area contributed by atoms with Gasteiger partial charge in [-0.05, 0) is 50.4 Å². The van der Waals surface area contributed by atoms with E-state index in [-0.39, 0.29) is 18.4 Å². The fourth-order valence-electron chi connectivity index (χ4n) is 3.28. The summed E-state index contributed by atoms with van der Waals surface area (Å²) in [6.07, 6.45) is 6.79. The van der Waals surface area contributed by atoms with E-state index in [1.807, 2.05) is 24.1 Å². The predicted molar refractivity (Wildman–Crippen MR) is 101 cm³/mol. The normalized spacial score (nSPS) is 14.0. The number of carbonyl (C=O) groups excluding carboxylic acids is 2. The largest absolute Gasteiger partial charge is 0.468 e. The molecule has 0 unspecified atom stereocenters. The molecule has 0 bridgehead atoms. The first-order valence-electron chi connectivity index (χ1n) is 8.82. The van der Waals surface area contributed by atoms with Crippen LogP contribution < -0.4 is 5.32 Å². The van der Waals surface area contributed by atoms with E-state index in [9.17, 15) is 9.59 Å². The number of aryl methyl sites for hydroxylation is 1. The number of ether oxygens (including phenoxy) is 1. The standard InChI is InChI=1S/C19H24N2O4S/c1-21(11-13-7-6-10-25-13)12-16(22)20-18-17(19(23)24-2)14-8-4-3-5-9-15(14)26-18/h6-7,10H,3-5,8-9,11-12H2,1-2H3,(H,20,22). The molecule has 2 heterocycles. The van der Waals surface area contributed by atoms with Crippen molar-refractivity contribution in [3.63, 3.8) is 0 Å². The minimum absolute atomic E-state index is 0.152. The van der Waals surface area contributed by atoms with Gasteiger partial charge in [-0.15, -0.1) is 11.3 Å². The van der Waals surface area contributed by atoms with E-state index in [1.54, 1.807) is 6.26 Å². The van der Waals surface area contributed by atoms with E-state index in [2.05, 4.69) is 5.32 Å². The van der Waals surface area contributed by atoms with E-state index < -0.39 is 0 Å². The quantitative estimate of drug-likeness (QED) is 0.617. The molecular weight excluding hydrogens is 352 g/mol. The number of likely N-dealkylation sites (N-methyl/N-ethyl adjacent to an activating group) is 1. The van der Waals surface area contributed by atoms with Crippen molar-refractivity contribution in [2.24, 2.45) is 0 Å². The summed E-state index contributed by atoms with van der Waals surface area (Å²) in [5, 5.41) is 3.53. The number of carbonyl (C=O) groups is 2. The topological polar surface area (TPSA) is 71.8 Å². The molecule has 0 saturated heterocycles. The van der Waals surface area contributed by atoms with Crippen molar-refractivity contribution in [2.45, 2.75) is 38.6 Å². The van der Waals surface area contributed by atoms with Gasteiger partial charge < -0.3 is 14.5 Å². The molecule has 0 aromatic carbocycles. The van der Waals surface area contributed by atoms with Crippen molar-refractivity contribution in [1.82, 2.24) is 4.90 Å². The molecule has 0 aliphatic heterocycles. The minimum atomic E-state index is -0.372. The molecule has 6 nitrogen and oxygen atoms in total. The van der Waals surface area contributed by atoms with Gasteiger partial charge in [0.05, 0.1) is 32.0 Å². The maximum atomic E-state index is 12.5. The Balaban J connectivity index is 1.72. The molecule has 3 rings (SSSR count). The molecule has 2 aromatic heterocycles. The summed E-state index contributed by atoms with van der Waals surface area (Å²) in [6, 6.07) is 3.70. The van der Waals surface area contributed by atoms with Crippen LogP contribution in [-0.2, 0) is 28.9 Å². The number of furan rings is 1. The van der Waals surface area contributed by atoms with Crippen molar-refractivity contribution in [1.29, 1.82) is 0 Å². The Morgan fingerprint density at radius 1 is 1.31 bits per heavy atom. The number of anilines is 1. The molecule has 1 amide bonds. The van der Waals surface area contributed by atoms with Crippen molar-refractivity contribution in [3.05, 3.63) is 40.2 Å². The number of hydrogen-bond acceptors (Lipinski definition) is 6. The molecule has 0 saturated carbocycles. The zero-order valence-corrected chi connectivity index (χ0v) is 16.0. The van der Waals surface area contributed by atoms with Crippen LogP contribution in [0.4, 0.5) is 5.00 Å². The summed E-state index contributed by atoms with van der Waals surface area (Å²) in [6.45, 7) is 0.759. The Hall–Kier alpha value is -2.12. The van der Waals surface area contributed by atoms with E-state index in [4.69, 9.17) is 9.15 Å². The molecule has 7 heteroatoms. The molecule has 1 N–H and O–H groups in total. The fourth-order valence-corrected chi connectivity index (χ4v) is 4.58. The molecule has 0 fully saturated rings. The highest BCUT2D eigenvalue weighted by Crippen LogP contribution is 2.37. The smallest absolute Gasteiger partial charge is 0.341 e. The van der Waals surface area contributed by atoms with Gasteiger partial charge in [-0.2, -0.15) is 0 Å². The molecule has 26 heavy (non-hydrogen) atoms. The zero-order chi connectivity index (χ0) is 18.5. The first kappa shape index (κ1) is 18.7. The molecule has 2 aromatic rings. The fraction of sp³-hybridized carbons (Fsp3) is 0.474. The van der Waals surface area contributed by atoms with Gasteiger partial charge in [-0.25, -0.2) is 4.79 Å². The Bertz CT molecular complexity index is 767. The molecule has 0 atom stereocenters. The summed E-state index contributed by atoms with van der Waals surface area (Å²) >= 11 is 1.51. The number of hydrogen-bond donors (Lipinski definition) is 1. The lowest BCUT2D eigenvalue weighted by atomic mass is 10.1. The second kappa shape index (κ2) is 8.51. The number of nitrogens with zero attached hydrogens (tertiary/aromatic N) is 1. The zero-order valence-electron chi connectivity index (χ0n) is 15.2. The number of rotatable bonds is 6. The third kappa shape index (κ3) is 4.34. The number of methoxy groups -OCH3 is 1. The number of nitrogens with one attached hydrogen (secondary N) is 1. The maximum absolute atomic E-state index is 12.5. The second-order valence-corrected chi connectivity index (χ2v) is 7.67. The first-order chi connectivity index (χ1) is 12.6. The van der Waals surface area contributed by atoms with Crippen LogP contribution in [0.2, 0.25) is 0 Å². The number of amides is 1. The van der Waals surface area contributed by atoms with E-state index in [0.717, 1.165) is 37.0 Å². The van der Waals surface area contributed by atoms with E-state index in [0.29, 0.717) is 17.1 Å². The first-order valence-corrected chi connectivity index (χ1v) is 9.63. The van der Waals surface area contributed by atoms with E-state index in [1.165, 1.54) is 29.7 Å². The van der Waals surface area contributed by atoms with Crippen LogP contribution in [-0.4, -0.2) is 37.5 Å².